The second kappa shape index (κ2) is 10.5. The van der Waals surface area contributed by atoms with Crippen molar-refractivity contribution in [2.75, 3.05) is 12.8 Å². The molecule has 2 aromatic carbocycles. The number of hydrogen-bond donors (Lipinski definition) is 4. The summed E-state index contributed by atoms with van der Waals surface area (Å²) in [5, 5.41) is 17.9. The fourth-order valence-corrected chi connectivity index (χ4v) is 3.61. The van der Waals surface area contributed by atoms with Crippen LogP contribution in [-0.4, -0.2) is 29.7 Å². The van der Waals surface area contributed by atoms with Gasteiger partial charge in [0.25, 0.3) is 0 Å². The molecule has 0 atom stereocenters. The van der Waals surface area contributed by atoms with E-state index in [1.165, 1.54) is 11.1 Å². The highest BCUT2D eigenvalue weighted by molar-refractivity contribution is 5.95. The monoisotopic (exact) mass is 430 g/mol. The number of amidine groups is 1. The molecule has 0 spiro atoms. The zero-order valence-corrected chi connectivity index (χ0v) is 18.8. The maximum atomic E-state index is 9.17. The lowest BCUT2D eigenvalue weighted by Gasteiger charge is -2.16. The van der Waals surface area contributed by atoms with Crippen LogP contribution in [0.4, 0.5) is 5.82 Å². The summed E-state index contributed by atoms with van der Waals surface area (Å²) in [4.78, 5) is 12.6. The number of nitrogens with one attached hydrogen (secondary N) is 2. The molecule has 7 nitrogen and oxygen atoms in total. The number of aromatic nitrogens is 1. The Kier molecular flexibility index (Phi) is 7.57. The van der Waals surface area contributed by atoms with Gasteiger partial charge in [0.05, 0.1) is 6.61 Å². The van der Waals surface area contributed by atoms with Crippen LogP contribution in [0.2, 0.25) is 0 Å². The number of nitrogens with two attached hydrogens (primary N) is 1. The number of fused-ring (bicyclic) bond motifs is 1. The molecule has 166 valence electrons. The third kappa shape index (κ3) is 5.31. The Bertz CT molecular complexity index is 1170. The summed E-state index contributed by atoms with van der Waals surface area (Å²) in [6, 6.07) is 11.8. The lowest BCUT2D eigenvalue weighted by molar-refractivity contribution is 0.282. The quantitative estimate of drug-likeness (QED) is 0.324. The largest absolute Gasteiger partial charge is 0.392 e. The molecular formula is C25H30N6O. The van der Waals surface area contributed by atoms with Crippen molar-refractivity contribution >= 4 is 29.1 Å². The zero-order valence-electron chi connectivity index (χ0n) is 18.8. The lowest BCUT2D eigenvalue weighted by atomic mass is 9.96. The van der Waals surface area contributed by atoms with Gasteiger partial charge in [-0.15, -0.1) is 0 Å². The molecular weight excluding hydrogens is 400 g/mol. The standard InChI is InChI=1S/C25H30N6O/c1-16-11-21-20(9-10-29-25(21)26)17(2)22(16)14-31-24(28-4)12-23(27-3)30-13-18-5-7-19(15-32)8-6-18/h5-12,30,32H,3,13-15H2,1-2,4H3,(H2,26,29)(H,28,31)/b23-12+. The Morgan fingerprint density at radius 2 is 1.81 bits per heavy atom. The van der Waals surface area contributed by atoms with Crippen LogP contribution in [0.5, 0.6) is 0 Å². The summed E-state index contributed by atoms with van der Waals surface area (Å²) in [5.74, 6) is 1.87. The van der Waals surface area contributed by atoms with Gasteiger partial charge in [-0.05, 0) is 65.9 Å². The Hall–Kier alpha value is -3.71. The molecule has 0 saturated heterocycles. The van der Waals surface area contributed by atoms with Crippen LogP contribution in [0.25, 0.3) is 10.8 Å². The van der Waals surface area contributed by atoms with Gasteiger partial charge in [-0.1, -0.05) is 24.3 Å². The highest BCUT2D eigenvalue weighted by Crippen LogP contribution is 2.27. The minimum absolute atomic E-state index is 0.0372. The van der Waals surface area contributed by atoms with E-state index in [-0.39, 0.29) is 6.61 Å². The van der Waals surface area contributed by atoms with Crippen molar-refractivity contribution in [3.05, 3.63) is 82.3 Å². The van der Waals surface area contributed by atoms with E-state index >= 15 is 0 Å². The molecule has 0 radical (unpaired) electrons. The summed E-state index contributed by atoms with van der Waals surface area (Å²) in [6.45, 7) is 9.09. The molecule has 1 aromatic heterocycles. The fraction of sp³-hybridized carbons (Fsp3) is 0.240. The number of rotatable bonds is 8. The van der Waals surface area contributed by atoms with Crippen LogP contribution in [0.1, 0.15) is 27.8 Å². The van der Waals surface area contributed by atoms with Crippen LogP contribution in [0.3, 0.4) is 0 Å². The number of aryl methyl sites for hydroxylation is 2. The molecule has 0 fully saturated rings. The molecule has 5 N–H and O–H groups in total. The highest BCUT2D eigenvalue weighted by Gasteiger charge is 2.10. The van der Waals surface area contributed by atoms with Crippen molar-refractivity contribution in [3.8, 4) is 0 Å². The van der Waals surface area contributed by atoms with Gasteiger partial charge in [-0.3, -0.25) is 4.99 Å². The molecule has 7 heteroatoms. The number of anilines is 1. The minimum atomic E-state index is 0.0372. The third-order valence-electron chi connectivity index (χ3n) is 5.52. The Morgan fingerprint density at radius 1 is 1.09 bits per heavy atom. The highest BCUT2D eigenvalue weighted by atomic mass is 16.3. The van der Waals surface area contributed by atoms with Crippen LogP contribution >= 0.6 is 0 Å². The first kappa shape index (κ1) is 23.0. The van der Waals surface area contributed by atoms with E-state index in [9.17, 15) is 0 Å². The molecule has 0 unspecified atom stereocenters. The van der Waals surface area contributed by atoms with Crippen molar-refractivity contribution in [2.24, 2.45) is 9.98 Å². The molecule has 32 heavy (non-hydrogen) atoms. The number of aliphatic hydroxyl groups is 1. The van der Waals surface area contributed by atoms with Crippen LogP contribution in [0.15, 0.2) is 64.5 Å². The van der Waals surface area contributed by atoms with E-state index < -0.39 is 0 Å². The molecule has 0 aliphatic carbocycles. The number of hydrogen-bond acceptors (Lipinski definition) is 6. The van der Waals surface area contributed by atoms with Crippen molar-refractivity contribution in [1.82, 2.24) is 15.6 Å². The first-order valence-electron chi connectivity index (χ1n) is 10.4. The first-order chi connectivity index (χ1) is 15.5. The average molecular weight is 431 g/mol. The molecule has 1 heterocycles. The average Bonchev–Trinajstić information content (AvgIpc) is 2.81. The Balaban J connectivity index is 1.71. The summed E-state index contributed by atoms with van der Waals surface area (Å²) in [7, 11) is 1.74. The Morgan fingerprint density at radius 3 is 2.47 bits per heavy atom. The smallest absolute Gasteiger partial charge is 0.131 e. The lowest BCUT2D eigenvalue weighted by Crippen LogP contribution is -2.24. The maximum absolute atomic E-state index is 9.17. The van der Waals surface area contributed by atoms with E-state index in [4.69, 9.17) is 10.8 Å². The number of benzene rings is 2. The molecule has 3 rings (SSSR count). The number of aliphatic hydroxyl groups excluding tert-OH is 1. The normalized spacial score (nSPS) is 12.1. The van der Waals surface area contributed by atoms with Crippen molar-refractivity contribution in [3.63, 3.8) is 0 Å². The zero-order chi connectivity index (χ0) is 23.1. The SMILES string of the molecule is C=N/C(=C\C(=NC)NCc1c(C)cc2c(N)nccc2c1C)NCc1ccc(CO)cc1. The number of pyridine rings is 1. The van der Waals surface area contributed by atoms with Gasteiger partial charge in [-0.25, -0.2) is 9.98 Å². The topological polar surface area (TPSA) is 108 Å². The number of aliphatic imine (C=N–C) groups is 2. The molecule has 3 aromatic rings. The van der Waals surface area contributed by atoms with E-state index in [0.29, 0.717) is 30.6 Å². The van der Waals surface area contributed by atoms with Gasteiger partial charge in [0.15, 0.2) is 0 Å². The molecule has 0 aliphatic rings. The minimum Gasteiger partial charge on any atom is -0.392 e. The summed E-state index contributed by atoms with van der Waals surface area (Å²) in [6.07, 6.45) is 3.58. The van der Waals surface area contributed by atoms with E-state index in [1.807, 2.05) is 36.4 Å². The maximum Gasteiger partial charge on any atom is 0.131 e. The van der Waals surface area contributed by atoms with E-state index in [1.54, 1.807) is 13.2 Å². The van der Waals surface area contributed by atoms with Crippen LogP contribution in [-0.2, 0) is 19.7 Å². The number of nitrogens with zero attached hydrogens (tertiary/aromatic N) is 3. The predicted octanol–water partition coefficient (Wildman–Crippen LogP) is 3.38. The number of nitrogen functional groups attached to an aromatic ring is 1. The molecule has 0 amide bonds. The second-order valence-corrected chi connectivity index (χ2v) is 7.57. The Labute approximate surface area is 188 Å². The van der Waals surface area contributed by atoms with E-state index in [2.05, 4.69) is 52.2 Å². The second-order valence-electron chi connectivity index (χ2n) is 7.57. The fourth-order valence-electron chi connectivity index (χ4n) is 3.61. The third-order valence-corrected chi connectivity index (χ3v) is 5.52. The molecule has 0 bridgehead atoms. The van der Waals surface area contributed by atoms with Crippen LogP contribution in [0, 0.1) is 13.8 Å². The van der Waals surface area contributed by atoms with Gasteiger partial charge in [0.2, 0.25) is 0 Å². The van der Waals surface area contributed by atoms with Gasteiger partial charge in [0.1, 0.15) is 17.5 Å². The molecule has 0 saturated carbocycles. The van der Waals surface area contributed by atoms with Crippen molar-refractivity contribution < 1.29 is 5.11 Å². The van der Waals surface area contributed by atoms with Gasteiger partial charge in [-0.2, -0.15) is 0 Å². The summed E-state index contributed by atoms with van der Waals surface area (Å²) in [5.41, 5.74) is 11.5. The van der Waals surface area contributed by atoms with Gasteiger partial charge < -0.3 is 21.5 Å². The van der Waals surface area contributed by atoms with E-state index in [0.717, 1.165) is 27.5 Å². The van der Waals surface area contributed by atoms with Crippen molar-refractivity contribution in [1.29, 1.82) is 0 Å². The predicted molar refractivity (Wildman–Crippen MR) is 133 cm³/mol. The summed E-state index contributed by atoms with van der Waals surface area (Å²) >= 11 is 0. The summed E-state index contributed by atoms with van der Waals surface area (Å²) < 4.78 is 0. The van der Waals surface area contributed by atoms with Crippen LogP contribution < -0.4 is 16.4 Å². The van der Waals surface area contributed by atoms with Gasteiger partial charge >= 0.3 is 0 Å². The molecule has 0 aliphatic heterocycles. The van der Waals surface area contributed by atoms with Crippen molar-refractivity contribution in [2.45, 2.75) is 33.5 Å². The van der Waals surface area contributed by atoms with Gasteiger partial charge in [0, 0.05) is 37.8 Å². The first-order valence-corrected chi connectivity index (χ1v) is 10.4.